The summed E-state index contributed by atoms with van der Waals surface area (Å²) in [6.07, 6.45) is 0. The molecule has 0 saturated carbocycles. The molecule has 2 rings (SSSR count). The minimum Gasteiger partial charge on any atom is -0.462 e. The Morgan fingerprint density at radius 3 is 2.29 bits per heavy atom. The first-order valence-corrected chi connectivity index (χ1v) is 8.44. The third-order valence-electron chi connectivity index (χ3n) is 2.91. The lowest BCUT2D eigenvalue weighted by Crippen LogP contribution is -2.19. The van der Waals surface area contributed by atoms with E-state index in [4.69, 9.17) is 51.8 Å². The van der Waals surface area contributed by atoms with Gasteiger partial charge >= 0.3 is 5.97 Å². The summed E-state index contributed by atoms with van der Waals surface area (Å²) < 4.78 is 4.93. The molecule has 0 spiro atoms. The average Bonchev–Trinajstić information content (AvgIpc) is 2.53. The lowest BCUT2D eigenvalue weighted by Gasteiger charge is -2.13. The van der Waals surface area contributed by atoms with Gasteiger partial charge in [0.2, 0.25) is 0 Å². The molecule has 24 heavy (non-hydrogen) atoms. The van der Waals surface area contributed by atoms with Crippen molar-refractivity contribution in [2.45, 2.75) is 6.92 Å². The molecule has 2 N–H and O–H groups in total. The molecular weight excluding hydrogens is 391 g/mol. The quantitative estimate of drug-likeness (QED) is 0.393. The highest BCUT2D eigenvalue weighted by Crippen LogP contribution is 2.32. The minimum absolute atomic E-state index is 0.319. The maximum atomic E-state index is 11.6. The molecule has 8 heteroatoms. The van der Waals surface area contributed by atoms with Crippen LogP contribution in [0.3, 0.4) is 0 Å². The Kier molecular flexibility index (Phi) is 6.69. The molecule has 0 saturated heterocycles. The fraction of sp³-hybridized carbons (Fsp3) is 0.125. The SMILES string of the molecule is CCOC(=O)c1ccc(NC(=S)Nc2cc(Cl)c(Cl)cc2Cl)cc1. The molecule has 2 aromatic rings. The normalized spacial score (nSPS) is 10.2. The molecule has 0 atom stereocenters. The van der Waals surface area contributed by atoms with Gasteiger partial charge in [0.05, 0.1) is 32.9 Å². The van der Waals surface area contributed by atoms with Crippen LogP contribution in [0.15, 0.2) is 36.4 Å². The van der Waals surface area contributed by atoms with Crippen LogP contribution in [0.2, 0.25) is 15.1 Å². The number of benzene rings is 2. The summed E-state index contributed by atoms with van der Waals surface area (Å²) in [4.78, 5) is 11.6. The number of carbonyl (C=O) groups is 1. The number of hydrogen-bond acceptors (Lipinski definition) is 3. The second kappa shape index (κ2) is 8.53. The minimum atomic E-state index is -0.368. The van der Waals surface area contributed by atoms with Crippen molar-refractivity contribution in [2.24, 2.45) is 0 Å². The first kappa shape index (κ1) is 18.8. The Bertz CT molecular complexity index is 767. The highest BCUT2D eigenvalue weighted by Gasteiger charge is 2.09. The van der Waals surface area contributed by atoms with Gasteiger partial charge in [-0.25, -0.2) is 4.79 Å². The van der Waals surface area contributed by atoms with Crippen LogP contribution in [-0.4, -0.2) is 17.7 Å². The zero-order chi connectivity index (χ0) is 17.7. The smallest absolute Gasteiger partial charge is 0.338 e. The van der Waals surface area contributed by atoms with Crippen LogP contribution in [0.25, 0.3) is 0 Å². The predicted octanol–water partition coefficient (Wildman–Crippen LogP) is 5.63. The third kappa shape index (κ3) is 4.98. The van der Waals surface area contributed by atoms with Gasteiger partial charge in [0, 0.05) is 5.69 Å². The van der Waals surface area contributed by atoms with Crippen molar-refractivity contribution >= 4 is 69.5 Å². The van der Waals surface area contributed by atoms with Gasteiger partial charge in [-0.2, -0.15) is 0 Å². The van der Waals surface area contributed by atoms with Crippen molar-refractivity contribution in [1.29, 1.82) is 0 Å². The lowest BCUT2D eigenvalue weighted by atomic mass is 10.2. The zero-order valence-electron chi connectivity index (χ0n) is 12.5. The van der Waals surface area contributed by atoms with Crippen molar-refractivity contribution in [2.75, 3.05) is 17.2 Å². The van der Waals surface area contributed by atoms with E-state index in [1.54, 1.807) is 37.3 Å². The number of anilines is 2. The second-order valence-electron chi connectivity index (χ2n) is 4.62. The van der Waals surface area contributed by atoms with E-state index in [9.17, 15) is 4.79 Å². The van der Waals surface area contributed by atoms with Gasteiger partial charge in [0.15, 0.2) is 5.11 Å². The van der Waals surface area contributed by atoms with E-state index in [2.05, 4.69) is 10.6 Å². The fourth-order valence-electron chi connectivity index (χ4n) is 1.81. The van der Waals surface area contributed by atoms with Crippen LogP contribution in [0.4, 0.5) is 11.4 Å². The van der Waals surface area contributed by atoms with Crippen LogP contribution >= 0.6 is 47.0 Å². The largest absolute Gasteiger partial charge is 0.462 e. The highest BCUT2D eigenvalue weighted by atomic mass is 35.5. The van der Waals surface area contributed by atoms with Gasteiger partial charge in [0.1, 0.15) is 0 Å². The molecule has 0 aliphatic carbocycles. The van der Waals surface area contributed by atoms with Gasteiger partial charge in [-0.05, 0) is 55.5 Å². The Hall–Kier alpha value is -1.53. The number of ether oxygens (including phenoxy) is 1. The zero-order valence-corrected chi connectivity index (χ0v) is 15.6. The summed E-state index contributed by atoms with van der Waals surface area (Å²) in [6, 6.07) is 9.85. The van der Waals surface area contributed by atoms with Crippen molar-refractivity contribution in [3.8, 4) is 0 Å². The topological polar surface area (TPSA) is 50.4 Å². The van der Waals surface area contributed by atoms with E-state index in [1.807, 2.05) is 0 Å². The maximum Gasteiger partial charge on any atom is 0.338 e. The Morgan fingerprint density at radius 2 is 1.67 bits per heavy atom. The summed E-state index contributed by atoms with van der Waals surface area (Å²) in [6.45, 7) is 2.09. The molecule has 0 bridgehead atoms. The predicted molar refractivity (Wildman–Crippen MR) is 104 cm³/mol. The van der Waals surface area contributed by atoms with Crippen LogP contribution < -0.4 is 10.6 Å². The van der Waals surface area contributed by atoms with E-state index >= 15 is 0 Å². The second-order valence-corrected chi connectivity index (χ2v) is 6.25. The number of nitrogens with one attached hydrogen (secondary N) is 2. The van der Waals surface area contributed by atoms with Crippen molar-refractivity contribution in [1.82, 2.24) is 0 Å². The molecule has 0 aliphatic rings. The van der Waals surface area contributed by atoms with E-state index in [-0.39, 0.29) is 5.97 Å². The van der Waals surface area contributed by atoms with Crippen LogP contribution in [0.1, 0.15) is 17.3 Å². The van der Waals surface area contributed by atoms with Crippen LogP contribution in [0.5, 0.6) is 0 Å². The molecule has 0 fully saturated rings. The number of hydrogen-bond donors (Lipinski definition) is 2. The van der Waals surface area contributed by atoms with Gasteiger partial charge in [-0.3, -0.25) is 0 Å². The van der Waals surface area contributed by atoms with Gasteiger partial charge in [-0.15, -0.1) is 0 Å². The molecule has 0 aliphatic heterocycles. The lowest BCUT2D eigenvalue weighted by molar-refractivity contribution is 0.0526. The average molecular weight is 404 g/mol. The first-order valence-electron chi connectivity index (χ1n) is 6.90. The number of halogens is 3. The molecule has 0 aromatic heterocycles. The number of rotatable bonds is 4. The van der Waals surface area contributed by atoms with E-state index in [0.29, 0.717) is 43.7 Å². The molecule has 0 radical (unpaired) electrons. The standard InChI is InChI=1S/C16H13Cl3N2O2S/c1-2-23-15(22)9-3-5-10(6-4-9)20-16(24)21-14-8-12(18)11(17)7-13(14)19/h3-8H,2H2,1H3,(H2,20,21,24). The monoisotopic (exact) mass is 402 g/mol. The van der Waals surface area contributed by atoms with Crippen LogP contribution in [0, 0.1) is 0 Å². The van der Waals surface area contributed by atoms with Crippen molar-refractivity contribution in [3.05, 3.63) is 57.0 Å². The molecule has 0 amide bonds. The molecule has 2 aromatic carbocycles. The Morgan fingerprint density at radius 1 is 1.04 bits per heavy atom. The summed E-state index contributed by atoms with van der Waals surface area (Å²) >= 11 is 23.2. The fourth-order valence-corrected chi connectivity index (χ4v) is 2.63. The molecule has 0 unspecified atom stereocenters. The maximum absolute atomic E-state index is 11.6. The van der Waals surface area contributed by atoms with Crippen molar-refractivity contribution in [3.63, 3.8) is 0 Å². The van der Waals surface area contributed by atoms with Crippen molar-refractivity contribution < 1.29 is 9.53 Å². The molecule has 126 valence electrons. The van der Waals surface area contributed by atoms with E-state index < -0.39 is 0 Å². The molecular formula is C16H13Cl3N2O2S. The van der Waals surface area contributed by atoms with E-state index in [0.717, 1.165) is 0 Å². The third-order valence-corrected chi connectivity index (χ3v) is 4.15. The van der Waals surface area contributed by atoms with Crippen LogP contribution in [-0.2, 0) is 4.74 Å². The summed E-state index contributed by atoms with van der Waals surface area (Å²) in [7, 11) is 0. The van der Waals surface area contributed by atoms with Gasteiger partial charge in [0.25, 0.3) is 0 Å². The molecule has 4 nitrogen and oxygen atoms in total. The highest BCUT2D eigenvalue weighted by molar-refractivity contribution is 7.80. The summed E-state index contributed by atoms with van der Waals surface area (Å²) in [5, 5.41) is 7.36. The first-order chi connectivity index (χ1) is 11.4. The summed E-state index contributed by atoms with van der Waals surface area (Å²) in [5.41, 5.74) is 1.71. The summed E-state index contributed by atoms with van der Waals surface area (Å²) in [5.74, 6) is -0.368. The van der Waals surface area contributed by atoms with E-state index in [1.165, 1.54) is 6.07 Å². The molecule has 0 heterocycles. The Balaban J connectivity index is 2.02. The number of thiocarbonyl (C=S) groups is 1. The number of carbonyl (C=O) groups excluding carboxylic acids is 1. The number of esters is 1. The van der Waals surface area contributed by atoms with Gasteiger partial charge < -0.3 is 15.4 Å². The van der Waals surface area contributed by atoms with Gasteiger partial charge in [-0.1, -0.05) is 34.8 Å². The Labute approximate surface area is 160 Å².